The van der Waals surface area contributed by atoms with Crippen LogP contribution in [0.25, 0.3) is 5.65 Å². The third kappa shape index (κ3) is 5.93. The lowest BCUT2D eigenvalue weighted by molar-refractivity contribution is -0.137. The van der Waals surface area contributed by atoms with Gasteiger partial charge in [-0.15, -0.1) is 5.10 Å². The van der Waals surface area contributed by atoms with E-state index in [0.717, 1.165) is 49.9 Å². The quantitative estimate of drug-likeness (QED) is 0.309. The Hall–Kier alpha value is -4.41. The van der Waals surface area contributed by atoms with Gasteiger partial charge in [-0.25, -0.2) is 9.50 Å². The first-order valence-corrected chi connectivity index (χ1v) is 12.2. The first-order chi connectivity index (χ1) is 18.2. The average molecular weight is 524 g/mol. The molecule has 1 saturated carbocycles. The van der Waals surface area contributed by atoms with Crippen LogP contribution in [0.15, 0.2) is 66.9 Å². The second-order valence-electron chi connectivity index (χ2n) is 9.08. The Bertz CT molecular complexity index is 1460. The summed E-state index contributed by atoms with van der Waals surface area (Å²) in [5, 5.41) is 9.86. The number of benzene rings is 2. The molecule has 5 rings (SSSR count). The number of carbonyl (C=O) groups is 2. The van der Waals surface area contributed by atoms with E-state index in [1.54, 1.807) is 36.4 Å². The van der Waals surface area contributed by atoms with Gasteiger partial charge in [0.2, 0.25) is 11.8 Å². The normalized spacial score (nSPS) is 14.3. The lowest BCUT2D eigenvalue weighted by Crippen LogP contribution is -2.24. The van der Waals surface area contributed by atoms with E-state index in [1.165, 1.54) is 17.1 Å². The maximum Gasteiger partial charge on any atom is 0.416 e. The number of alkyl halides is 3. The molecule has 0 radical (unpaired) electrons. The van der Waals surface area contributed by atoms with Gasteiger partial charge in [0.15, 0.2) is 11.5 Å². The van der Waals surface area contributed by atoms with Crippen molar-refractivity contribution < 1.29 is 27.5 Å². The highest BCUT2D eigenvalue weighted by Gasteiger charge is 2.30. The molecule has 0 aliphatic heterocycles. The van der Waals surface area contributed by atoms with E-state index in [9.17, 15) is 22.8 Å². The zero-order chi connectivity index (χ0) is 26.7. The third-order valence-electron chi connectivity index (χ3n) is 6.31. The maximum atomic E-state index is 12.7. The number of hydrogen-bond donors (Lipinski definition) is 2. The van der Waals surface area contributed by atoms with Crippen molar-refractivity contribution in [3.63, 3.8) is 0 Å². The minimum absolute atomic E-state index is 0.0191. The van der Waals surface area contributed by atoms with Crippen LogP contribution in [-0.2, 0) is 11.0 Å². The third-order valence-corrected chi connectivity index (χ3v) is 6.31. The molecule has 11 heteroatoms. The molecule has 4 aromatic rings. The van der Waals surface area contributed by atoms with Gasteiger partial charge in [0, 0.05) is 29.3 Å². The predicted molar refractivity (Wildman–Crippen MR) is 134 cm³/mol. The Balaban J connectivity index is 1.24. The molecule has 1 aliphatic carbocycles. The molecular weight excluding hydrogens is 499 g/mol. The smallest absolute Gasteiger partial charge is 0.416 e. The number of imidazole rings is 1. The molecule has 2 aromatic heterocycles. The number of nitrogens with one attached hydrogen (secondary N) is 2. The van der Waals surface area contributed by atoms with Gasteiger partial charge in [-0.05, 0) is 55.3 Å². The lowest BCUT2D eigenvalue weighted by Gasteiger charge is -2.20. The van der Waals surface area contributed by atoms with Crippen molar-refractivity contribution in [1.29, 1.82) is 0 Å². The fourth-order valence-corrected chi connectivity index (χ4v) is 4.35. The standard InChI is InChI=1S/C27H24F3N5O3/c28-27(29,30)19-11-9-18(10-12-19)26(37)33-22-16-35-23(32-22)13-14-24(34-35)38-21-8-4-7-20(15-21)31-25(36)17-5-2-1-3-6-17/h4,7-17H,1-3,5-6H2,(H,31,36)(H,33,37). The fraction of sp³-hybridized carbons (Fsp3) is 0.259. The highest BCUT2D eigenvalue weighted by molar-refractivity contribution is 6.03. The molecule has 2 aromatic carbocycles. The van der Waals surface area contributed by atoms with Gasteiger partial charge in [0.05, 0.1) is 11.8 Å². The summed E-state index contributed by atoms with van der Waals surface area (Å²) in [4.78, 5) is 29.3. The van der Waals surface area contributed by atoms with Gasteiger partial charge in [-0.3, -0.25) is 9.59 Å². The van der Waals surface area contributed by atoms with Crippen LogP contribution in [0.4, 0.5) is 24.7 Å². The molecule has 2 amide bonds. The summed E-state index contributed by atoms with van der Waals surface area (Å²) < 4.78 is 45.5. The van der Waals surface area contributed by atoms with Crippen LogP contribution in [0, 0.1) is 5.92 Å². The highest BCUT2D eigenvalue weighted by Crippen LogP contribution is 2.30. The van der Waals surface area contributed by atoms with Gasteiger partial charge in [0.25, 0.3) is 5.91 Å². The molecule has 1 fully saturated rings. The van der Waals surface area contributed by atoms with Gasteiger partial charge >= 0.3 is 6.18 Å². The SMILES string of the molecule is O=C(Nc1cn2nc(Oc3cccc(NC(=O)C4CCCCC4)c3)ccc2n1)c1ccc(C(F)(F)F)cc1. The monoisotopic (exact) mass is 523 g/mol. The Morgan fingerprint density at radius 3 is 2.45 bits per heavy atom. The summed E-state index contributed by atoms with van der Waals surface area (Å²) in [7, 11) is 0. The van der Waals surface area contributed by atoms with Crippen LogP contribution >= 0.6 is 0 Å². The van der Waals surface area contributed by atoms with Crippen molar-refractivity contribution in [3.8, 4) is 11.6 Å². The minimum Gasteiger partial charge on any atom is -0.438 e. The summed E-state index contributed by atoms with van der Waals surface area (Å²) in [6.07, 6.45) is 2.12. The van der Waals surface area contributed by atoms with Crippen LogP contribution in [0.1, 0.15) is 48.0 Å². The number of amides is 2. The molecule has 8 nitrogen and oxygen atoms in total. The van der Waals surface area contributed by atoms with Crippen molar-refractivity contribution in [2.75, 3.05) is 10.6 Å². The van der Waals surface area contributed by atoms with E-state index < -0.39 is 17.6 Å². The Kier molecular flexibility index (Phi) is 6.99. The minimum atomic E-state index is -4.48. The van der Waals surface area contributed by atoms with E-state index in [2.05, 4.69) is 20.7 Å². The maximum absolute atomic E-state index is 12.7. The van der Waals surface area contributed by atoms with Crippen molar-refractivity contribution in [2.24, 2.45) is 5.92 Å². The predicted octanol–water partition coefficient (Wildman–Crippen LogP) is 6.31. The summed E-state index contributed by atoms with van der Waals surface area (Å²) in [6.45, 7) is 0. The number of nitrogens with zero attached hydrogens (tertiary/aromatic N) is 3. The van der Waals surface area contributed by atoms with Gasteiger partial charge in [-0.2, -0.15) is 13.2 Å². The highest BCUT2D eigenvalue weighted by atomic mass is 19.4. The number of hydrogen-bond acceptors (Lipinski definition) is 5. The van der Waals surface area contributed by atoms with Crippen LogP contribution < -0.4 is 15.4 Å². The van der Waals surface area contributed by atoms with E-state index in [0.29, 0.717) is 17.1 Å². The van der Waals surface area contributed by atoms with E-state index in [-0.39, 0.29) is 29.1 Å². The second-order valence-corrected chi connectivity index (χ2v) is 9.08. The summed E-state index contributed by atoms with van der Waals surface area (Å²) in [6, 6.07) is 14.2. The molecule has 0 unspecified atom stereocenters. The molecule has 0 saturated heterocycles. The average Bonchev–Trinajstić information content (AvgIpc) is 3.30. The molecule has 2 heterocycles. The molecule has 0 spiro atoms. The van der Waals surface area contributed by atoms with Crippen molar-refractivity contribution in [3.05, 3.63) is 78.0 Å². The zero-order valence-corrected chi connectivity index (χ0v) is 20.2. The summed E-state index contributed by atoms with van der Waals surface area (Å²) in [5.41, 5.74) is 0.279. The number of rotatable bonds is 6. The van der Waals surface area contributed by atoms with E-state index in [4.69, 9.17) is 4.74 Å². The molecular formula is C27H24F3N5O3. The Morgan fingerprint density at radius 1 is 0.947 bits per heavy atom. The Labute approximate surface area is 215 Å². The first kappa shape index (κ1) is 25.2. The Morgan fingerprint density at radius 2 is 1.71 bits per heavy atom. The summed E-state index contributed by atoms with van der Waals surface area (Å²) >= 11 is 0. The van der Waals surface area contributed by atoms with E-state index >= 15 is 0 Å². The number of halogens is 3. The molecule has 196 valence electrons. The molecule has 0 atom stereocenters. The van der Waals surface area contributed by atoms with Crippen LogP contribution in [-0.4, -0.2) is 26.4 Å². The van der Waals surface area contributed by atoms with Gasteiger partial charge < -0.3 is 15.4 Å². The van der Waals surface area contributed by atoms with Crippen molar-refractivity contribution in [2.45, 2.75) is 38.3 Å². The topological polar surface area (TPSA) is 97.6 Å². The van der Waals surface area contributed by atoms with Crippen LogP contribution in [0.2, 0.25) is 0 Å². The molecule has 1 aliphatic rings. The van der Waals surface area contributed by atoms with E-state index in [1.807, 2.05) is 0 Å². The number of aromatic nitrogens is 3. The molecule has 2 N–H and O–H groups in total. The number of anilines is 2. The number of ether oxygens (including phenoxy) is 1. The van der Waals surface area contributed by atoms with Crippen molar-refractivity contribution >= 4 is 29.0 Å². The molecule has 0 bridgehead atoms. The fourth-order valence-electron chi connectivity index (χ4n) is 4.35. The number of fused-ring (bicyclic) bond motifs is 1. The lowest BCUT2D eigenvalue weighted by atomic mass is 9.88. The van der Waals surface area contributed by atoms with Crippen LogP contribution in [0.5, 0.6) is 11.6 Å². The first-order valence-electron chi connectivity index (χ1n) is 12.2. The van der Waals surface area contributed by atoms with Crippen LogP contribution in [0.3, 0.4) is 0 Å². The molecule has 38 heavy (non-hydrogen) atoms. The largest absolute Gasteiger partial charge is 0.438 e. The second kappa shape index (κ2) is 10.5. The van der Waals surface area contributed by atoms with Gasteiger partial charge in [-0.1, -0.05) is 25.3 Å². The number of carbonyl (C=O) groups excluding carboxylic acids is 2. The summed E-state index contributed by atoms with van der Waals surface area (Å²) in [5.74, 6) is 0.358. The van der Waals surface area contributed by atoms with Crippen molar-refractivity contribution in [1.82, 2.24) is 14.6 Å². The zero-order valence-electron chi connectivity index (χ0n) is 20.2. The van der Waals surface area contributed by atoms with Gasteiger partial charge in [0.1, 0.15) is 5.75 Å².